The average Bonchev–Trinajstić information content (AvgIpc) is 2.77. The second-order valence-corrected chi connectivity index (χ2v) is 8.30. The molecule has 0 unspecified atom stereocenters. The number of nitrogens with zero attached hydrogens (tertiary/aromatic N) is 3. The lowest BCUT2D eigenvalue weighted by Gasteiger charge is -2.34. The number of carbonyl (C=O) groups excluding carboxylic acids is 1. The molecule has 1 amide bonds. The van der Waals surface area contributed by atoms with E-state index in [4.69, 9.17) is 16.3 Å². The van der Waals surface area contributed by atoms with Crippen molar-refractivity contribution < 1.29 is 9.53 Å². The molecule has 3 heterocycles. The Hall–Kier alpha value is -1.95. The van der Waals surface area contributed by atoms with Crippen LogP contribution in [0.4, 0.5) is 0 Å². The lowest BCUT2D eigenvalue weighted by Crippen LogP contribution is -2.46. The number of hydrogen-bond donors (Lipinski definition) is 0. The van der Waals surface area contributed by atoms with Crippen LogP contribution in [-0.4, -0.2) is 60.0 Å². The average molecular weight is 414 g/mol. The summed E-state index contributed by atoms with van der Waals surface area (Å²) in [7, 11) is 0. The van der Waals surface area contributed by atoms with Crippen LogP contribution in [0.1, 0.15) is 42.2 Å². The quantitative estimate of drug-likeness (QED) is 0.749. The van der Waals surface area contributed by atoms with Gasteiger partial charge in [-0.1, -0.05) is 35.9 Å². The van der Waals surface area contributed by atoms with Crippen LogP contribution in [0.3, 0.4) is 0 Å². The van der Waals surface area contributed by atoms with E-state index in [2.05, 4.69) is 16.0 Å². The maximum absolute atomic E-state index is 12.6. The highest BCUT2D eigenvalue weighted by Gasteiger charge is 2.26. The van der Waals surface area contributed by atoms with E-state index in [0.29, 0.717) is 19.7 Å². The lowest BCUT2D eigenvalue weighted by molar-refractivity contribution is -0.135. The SMILES string of the molecule is O=C(CN1CCO[C@H](c2ccc(Cc3ccccc3Cl)cn2)C1)N1CCCCC1. The molecule has 0 N–H and O–H groups in total. The van der Waals surface area contributed by atoms with Crippen LogP contribution in [-0.2, 0) is 16.0 Å². The maximum Gasteiger partial charge on any atom is 0.236 e. The van der Waals surface area contributed by atoms with Crippen molar-refractivity contribution in [2.75, 3.05) is 39.3 Å². The lowest BCUT2D eigenvalue weighted by atomic mass is 10.1. The molecule has 2 fully saturated rings. The fourth-order valence-electron chi connectivity index (χ4n) is 4.05. The van der Waals surface area contributed by atoms with Crippen LogP contribution in [0.25, 0.3) is 0 Å². The number of ether oxygens (including phenoxy) is 1. The first-order chi connectivity index (χ1) is 14.2. The number of amides is 1. The Labute approximate surface area is 177 Å². The second kappa shape index (κ2) is 9.70. The number of aromatic nitrogens is 1. The summed E-state index contributed by atoms with van der Waals surface area (Å²) in [6.07, 6.45) is 6.06. The standard InChI is InChI=1S/C23H28ClN3O2/c24-20-7-3-2-6-19(20)14-18-8-9-21(25-15-18)22-16-26(12-13-29-22)17-23(28)27-10-4-1-5-11-27/h2-3,6-9,15,22H,1,4-5,10-14,16-17H2/t22-/m0/s1. The Balaban J connectivity index is 1.34. The molecule has 0 saturated carbocycles. The van der Waals surface area contributed by atoms with Gasteiger partial charge in [-0.05, 0) is 42.5 Å². The number of morpholine rings is 1. The van der Waals surface area contributed by atoms with Gasteiger partial charge >= 0.3 is 0 Å². The molecule has 2 aliphatic rings. The third-order valence-corrected chi connectivity index (χ3v) is 6.12. The number of pyridine rings is 1. The molecule has 1 atom stereocenters. The molecule has 0 spiro atoms. The number of piperidine rings is 1. The van der Waals surface area contributed by atoms with Crippen LogP contribution in [0.15, 0.2) is 42.6 Å². The number of benzene rings is 1. The second-order valence-electron chi connectivity index (χ2n) is 7.90. The first-order valence-corrected chi connectivity index (χ1v) is 10.9. The minimum Gasteiger partial charge on any atom is -0.369 e. The molecular formula is C23H28ClN3O2. The summed E-state index contributed by atoms with van der Waals surface area (Å²) in [5.41, 5.74) is 3.14. The first kappa shape index (κ1) is 20.3. The summed E-state index contributed by atoms with van der Waals surface area (Å²) < 4.78 is 5.95. The highest BCUT2D eigenvalue weighted by atomic mass is 35.5. The van der Waals surface area contributed by atoms with Crippen molar-refractivity contribution in [2.45, 2.75) is 31.8 Å². The van der Waals surface area contributed by atoms with Gasteiger partial charge in [-0.15, -0.1) is 0 Å². The van der Waals surface area contributed by atoms with Crippen molar-refractivity contribution in [2.24, 2.45) is 0 Å². The van der Waals surface area contributed by atoms with Crippen molar-refractivity contribution in [1.29, 1.82) is 0 Å². The van der Waals surface area contributed by atoms with Gasteiger partial charge in [-0.2, -0.15) is 0 Å². The normalized spacial score (nSPS) is 20.6. The summed E-state index contributed by atoms with van der Waals surface area (Å²) in [5, 5.41) is 0.779. The van der Waals surface area contributed by atoms with Gasteiger partial charge in [-0.3, -0.25) is 14.7 Å². The Morgan fingerprint density at radius 3 is 2.69 bits per heavy atom. The van der Waals surface area contributed by atoms with Crippen LogP contribution < -0.4 is 0 Å². The van der Waals surface area contributed by atoms with Crippen LogP contribution in [0, 0.1) is 0 Å². The molecule has 6 heteroatoms. The molecule has 154 valence electrons. The molecule has 2 aliphatic heterocycles. The van der Waals surface area contributed by atoms with Gasteiger partial charge in [0.15, 0.2) is 0 Å². The van der Waals surface area contributed by atoms with E-state index in [9.17, 15) is 4.79 Å². The van der Waals surface area contributed by atoms with Crippen LogP contribution in [0.5, 0.6) is 0 Å². The summed E-state index contributed by atoms with van der Waals surface area (Å²) >= 11 is 6.26. The molecule has 0 bridgehead atoms. The highest BCUT2D eigenvalue weighted by molar-refractivity contribution is 6.31. The molecule has 0 radical (unpaired) electrons. The fraction of sp³-hybridized carbons (Fsp3) is 0.478. The fourth-order valence-corrected chi connectivity index (χ4v) is 4.25. The van der Waals surface area contributed by atoms with Gasteiger partial charge in [0.2, 0.25) is 5.91 Å². The number of likely N-dealkylation sites (tertiary alicyclic amines) is 1. The number of rotatable bonds is 5. The summed E-state index contributed by atoms with van der Waals surface area (Å²) in [6.45, 7) is 4.41. The van der Waals surface area contributed by atoms with Crippen molar-refractivity contribution in [3.63, 3.8) is 0 Å². The monoisotopic (exact) mass is 413 g/mol. The zero-order valence-corrected chi connectivity index (χ0v) is 17.5. The zero-order chi connectivity index (χ0) is 20.1. The molecule has 2 aromatic rings. The van der Waals surface area contributed by atoms with E-state index in [1.165, 1.54) is 6.42 Å². The van der Waals surface area contributed by atoms with Gasteiger partial charge in [-0.25, -0.2) is 0 Å². The smallest absolute Gasteiger partial charge is 0.236 e. The van der Waals surface area contributed by atoms with Crippen LogP contribution in [0.2, 0.25) is 5.02 Å². The highest BCUT2D eigenvalue weighted by Crippen LogP contribution is 2.23. The first-order valence-electron chi connectivity index (χ1n) is 10.5. The van der Waals surface area contributed by atoms with E-state index in [1.54, 1.807) is 0 Å². The maximum atomic E-state index is 12.6. The van der Waals surface area contributed by atoms with Crippen molar-refractivity contribution in [1.82, 2.24) is 14.8 Å². The van der Waals surface area contributed by atoms with Gasteiger partial charge in [0.05, 0.1) is 18.8 Å². The Morgan fingerprint density at radius 1 is 1.10 bits per heavy atom. The Morgan fingerprint density at radius 2 is 1.93 bits per heavy atom. The molecule has 1 aromatic carbocycles. The van der Waals surface area contributed by atoms with E-state index in [-0.39, 0.29) is 12.0 Å². The molecular weight excluding hydrogens is 386 g/mol. The number of halogens is 1. The van der Waals surface area contributed by atoms with Crippen molar-refractivity contribution in [3.05, 3.63) is 64.4 Å². The number of hydrogen-bond acceptors (Lipinski definition) is 4. The largest absolute Gasteiger partial charge is 0.369 e. The summed E-state index contributed by atoms with van der Waals surface area (Å²) in [6, 6.07) is 12.0. The predicted molar refractivity (Wildman–Crippen MR) is 114 cm³/mol. The van der Waals surface area contributed by atoms with Gasteiger partial charge in [0.25, 0.3) is 0 Å². The summed E-state index contributed by atoms with van der Waals surface area (Å²) in [5.74, 6) is 0.244. The Kier molecular flexibility index (Phi) is 6.80. The Bertz CT molecular complexity index is 821. The zero-order valence-electron chi connectivity index (χ0n) is 16.7. The molecule has 5 nitrogen and oxygen atoms in total. The predicted octanol–water partition coefficient (Wildman–Crippen LogP) is 3.71. The molecule has 1 aromatic heterocycles. The van der Waals surface area contributed by atoms with E-state index < -0.39 is 0 Å². The third kappa shape index (κ3) is 5.35. The van der Waals surface area contributed by atoms with E-state index >= 15 is 0 Å². The summed E-state index contributed by atoms with van der Waals surface area (Å²) in [4.78, 5) is 21.4. The van der Waals surface area contributed by atoms with Gasteiger partial charge < -0.3 is 9.64 Å². The molecule has 0 aliphatic carbocycles. The topological polar surface area (TPSA) is 45.7 Å². The molecule has 2 saturated heterocycles. The van der Waals surface area contributed by atoms with Gasteiger partial charge in [0.1, 0.15) is 6.10 Å². The van der Waals surface area contributed by atoms with Crippen LogP contribution >= 0.6 is 11.6 Å². The van der Waals surface area contributed by atoms with E-state index in [1.807, 2.05) is 41.4 Å². The molecule has 4 rings (SSSR count). The van der Waals surface area contributed by atoms with Crippen molar-refractivity contribution >= 4 is 17.5 Å². The minimum absolute atomic E-state index is 0.0905. The third-order valence-electron chi connectivity index (χ3n) is 5.75. The van der Waals surface area contributed by atoms with Crippen molar-refractivity contribution in [3.8, 4) is 0 Å². The molecule has 29 heavy (non-hydrogen) atoms. The van der Waals surface area contributed by atoms with Gasteiger partial charge in [0, 0.05) is 43.8 Å². The van der Waals surface area contributed by atoms with E-state index in [0.717, 1.165) is 60.7 Å². The number of carbonyl (C=O) groups is 1. The minimum atomic E-state index is -0.0905.